The van der Waals surface area contributed by atoms with Gasteiger partial charge >= 0.3 is 10.2 Å². The second kappa shape index (κ2) is 9.08. The third-order valence-corrected chi connectivity index (χ3v) is 6.67. The maximum absolute atomic E-state index is 14.5. The van der Waals surface area contributed by atoms with Gasteiger partial charge in [-0.25, -0.2) is 8.78 Å². The van der Waals surface area contributed by atoms with E-state index < -0.39 is 21.8 Å². The van der Waals surface area contributed by atoms with Crippen molar-refractivity contribution >= 4 is 61.5 Å². The fraction of sp³-hybridized carbons (Fsp3) is 0.294. The SMILES string of the molecule is O=S(=O)(Nc1ccc(F)c(F)c1Nc1ccc(I)cc1Cl)N1CCCNCC1. The second-order valence-electron chi connectivity index (χ2n) is 6.14. The number of halogens is 4. The zero-order chi connectivity index (χ0) is 20.3. The van der Waals surface area contributed by atoms with Crippen molar-refractivity contribution in [3.05, 3.63) is 50.6 Å². The van der Waals surface area contributed by atoms with E-state index in [9.17, 15) is 17.2 Å². The van der Waals surface area contributed by atoms with E-state index in [0.29, 0.717) is 30.2 Å². The lowest BCUT2D eigenvalue weighted by molar-refractivity contribution is 0.436. The highest BCUT2D eigenvalue weighted by Crippen LogP contribution is 2.34. The molecule has 1 aliphatic rings. The molecule has 1 saturated heterocycles. The summed E-state index contributed by atoms with van der Waals surface area (Å²) in [5.74, 6) is -2.31. The number of benzene rings is 2. The van der Waals surface area contributed by atoms with Gasteiger partial charge in [0, 0.05) is 23.2 Å². The first kappa shape index (κ1) is 21.5. The molecule has 3 N–H and O–H groups in total. The van der Waals surface area contributed by atoms with Gasteiger partial charge in [0.15, 0.2) is 11.6 Å². The molecule has 1 fully saturated rings. The van der Waals surface area contributed by atoms with Crippen molar-refractivity contribution in [2.45, 2.75) is 6.42 Å². The smallest absolute Gasteiger partial charge is 0.301 e. The number of hydrogen-bond donors (Lipinski definition) is 3. The molecule has 28 heavy (non-hydrogen) atoms. The summed E-state index contributed by atoms with van der Waals surface area (Å²) in [5, 5.41) is 6.11. The third kappa shape index (κ3) is 5.03. The first-order chi connectivity index (χ1) is 13.3. The fourth-order valence-electron chi connectivity index (χ4n) is 2.75. The normalized spacial score (nSPS) is 15.9. The van der Waals surface area contributed by atoms with Crippen molar-refractivity contribution in [2.75, 3.05) is 36.2 Å². The Morgan fingerprint density at radius 3 is 2.61 bits per heavy atom. The van der Waals surface area contributed by atoms with E-state index in [2.05, 4.69) is 37.9 Å². The van der Waals surface area contributed by atoms with E-state index in [1.807, 2.05) is 0 Å². The molecule has 0 amide bonds. The Balaban J connectivity index is 1.94. The van der Waals surface area contributed by atoms with E-state index >= 15 is 0 Å². The summed E-state index contributed by atoms with van der Waals surface area (Å²) in [6.07, 6.45) is 0.655. The molecule has 0 bridgehead atoms. The molecule has 152 valence electrons. The Hall–Kier alpha value is -1.21. The molecule has 0 spiro atoms. The summed E-state index contributed by atoms with van der Waals surface area (Å²) < 4.78 is 58.3. The topological polar surface area (TPSA) is 73.5 Å². The molecule has 2 aromatic carbocycles. The average molecular weight is 543 g/mol. The molecule has 0 aromatic heterocycles. The van der Waals surface area contributed by atoms with Gasteiger partial charge in [0.1, 0.15) is 5.69 Å². The molecule has 6 nitrogen and oxygen atoms in total. The largest absolute Gasteiger partial charge is 0.350 e. The minimum atomic E-state index is -3.94. The maximum Gasteiger partial charge on any atom is 0.301 e. The summed E-state index contributed by atoms with van der Waals surface area (Å²) in [6, 6.07) is 7.04. The van der Waals surface area contributed by atoms with Crippen LogP contribution >= 0.6 is 34.2 Å². The molecule has 1 heterocycles. The fourth-order valence-corrected chi connectivity index (χ4v) is 4.93. The molecule has 0 unspecified atom stereocenters. The minimum absolute atomic E-state index is 0.106. The molecule has 0 radical (unpaired) electrons. The number of hydrogen-bond acceptors (Lipinski definition) is 4. The van der Waals surface area contributed by atoms with Gasteiger partial charge in [0.05, 0.1) is 16.4 Å². The van der Waals surface area contributed by atoms with Gasteiger partial charge in [0.25, 0.3) is 0 Å². The zero-order valence-corrected chi connectivity index (χ0v) is 18.3. The van der Waals surface area contributed by atoms with Crippen LogP contribution in [0.3, 0.4) is 0 Å². The zero-order valence-electron chi connectivity index (χ0n) is 14.6. The van der Waals surface area contributed by atoms with E-state index in [-0.39, 0.29) is 17.9 Å². The summed E-state index contributed by atoms with van der Waals surface area (Å²) in [7, 11) is -3.94. The van der Waals surface area contributed by atoms with Gasteiger partial charge in [0.2, 0.25) is 0 Å². The lowest BCUT2D eigenvalue weighted by Gasteiger charge is -2.22. The highest BCUT2D eigenvalue weighted by molar-refractivity contribution is 14.1. The highest BCUT2D eigenvalue weighted by atomic mass is 127. The summed E-state index contributed by atoms with van der Waals surface area (Å²) in [6.45, 7) is 1.85. The lowest BCUT2D eigenvalue weighted by atomic mass is 10.2. The Labute approximate surface area is 181 Å². The predicted molar refractivity (Wildman–Crippen MR) is 115 cm³/mol. The van der Waals surface area contributed by atoms with Crippen LogP contribution in [0.5, 0.6) is 0 Å². The van der Waals surface area contributed by atoms with Crippen LogP contribution < -0.4 is 15.4 Å². The van der Waals surface area contributed by atoms with Gasteiger partial charge in [-0.1, -0.05) is 11.6 Å². The van der Waals surface area contributed by atoms with Crippen molar-refractivity contribution in [1.29, 1.82) is 0 Å². The number of nitrogens with zero attached hydrogens (tertiary/aromatic N) is 1. The van der Waals surface area contributed by atoms with E-state index in [1.54, 1.807) is 18.2 Å². The van der Waals surface area contributed by atoms with Gasteiger partial charge in [-0.2, -0.15) is 12.7 Å². The molecule has 0 saturated carbocycles. The minimum Gasteiger partial charge on any atom is -0.350 e. The van der Waals surface area contributed by atoms with Gasteiger partial charge in [-0.05, 0) is 65.9 Å². The van der Waals surface area contributed by atoms with Crippen molar-refractivity contribution in [3.63, 3.8) is 0 Å². The van der Waals surface area contributed by atoms with Crippen LogP contribution in [0.25, 0.3) is 0 Å². The molecular formula is C17H18ClF2IN4O2S. The van der Waals surface area contributed by atoms with Crippen LogP contribution in [0.4, 0.5) is 25.8 Å². The monoisotopic (exact) mass is 542 g/mol. The van der Waals surface area contributed by atoms with Crippen LogP contribution in [0.1, 0.15) is 6.42 Å². The van der Waals surface area contributed by atoms with Crippen molar-refractivity contribution < 1.29 is 17.2 Å². The van der Waals surface area contributed by atoms with E-state index in [0.717, 1.165) is 16.2 Å². The standard InChI is InChI=1S/C17H18ClF2IN4O2S/c18-12-10-11(21)2-4-14(12)23-17-15(5-3-13(19)16(17)20)24-28(26,27)25-8-1-6-22-7-9-25/h2-5,10,22-24H,1,6-9H2. The third-order valence-electron chi connectivity index (χ3n) is 4.16. The summed E-state index contributed by atoms with van der Waals surface area (Å²) in [4.78, 5) is 0. The average Bonchev–Trinajstić information content (AvgIpc) is 2.93. The van der Waals surface area contributed by atoms with Crippen molar-refractivity contribution in [1.82, 2.24) is 9.62 Å². The number of rotatable bonds is 5. The Bertz CT molecular complexity index is 970. The first-order valence-corrected chi connectivity index (χ1v) is 11.4. The van der Waals surface area contributed by atoms with Crippen LogP contribution in [0.2, 0.25) is 5.02 Å². The van der Waals surface area contributed by atoms with Gasteiger partial charge in [-0.15, -0.1) is 0 Å². The van der Waals surface area contributed by atoms with Gasteiger partial charge < -0.3 is 10.6 Å². The Kier molecular flexibility index (Phi) is 6.97. The quantitative estimate of drug-likeness (QED) is 0.501. The Morgan fingerprint density at radius 1 is 1.11 bits per heavy atom. The number of anilines is 3. The molecule has 2 aromatic rings. The molecule has 3 rings (SSSR count). The van der Waals surface area contributed by atoms with E-state index in [1.165, 1.54) is 10.4 Å². The maximum atomic E-state index is 14.5. The molecular weight excluding hydrogens is 525 g/mol. The summed E-state index contributed by atoms with van der Waals surface area (Å²) in [5.41, 5.74) is -0.114. The highest BCUT2D eigenvalue weighted by Gasteiger charge is 2.25. The van der Waals surface area contributed by atoms with Crippen LogP contribution in [0, 0.1) is 15.2 Å². The van der Waals surface area contributed by atoms with E-state index in [4.69, 9.17) is 11.6 Å². The van der Waals surface area contributed by atoms with Crippen LogP contribution in [0.15, 0.2) is 30.3 Å². The molecule has 1 aliphatic heterocycles. The number of nitrogens with one attached hydrogen (secondary N) is 3. The molecule has 0 aliphatic carbocycles. The lowest BCUT2D eigenvalue weighted by Crippen LogP contribution is -2.38. The van der Waals surface area contributed by atoms with Crippen molar-refractivity contribution in [2.24, 2.45) is 0 Å². The Morgan fingerprint density at radius 2 is 1.86 bits per heavy atom. The van der Waals surface area contributed by atoms with Crippen molar-refractivity contribution in [3.8, 4) is 0 Å². The second-order valence-corrected chi connectivity index (χ2v) is 9.47. The molecule has 0 atom stereocenters. The van der Waals surface area contributed by atoms with Gasteiger partial charge in [-0.3, -0.25) is 4.72 Å². The molecule has 11 heteroatoms. The summed E-state index contributed by atoms with van der Waals surface area (Å²) >= 11 is 8.23. The predicted octanol–water partition coefficient (Wildman–Crippen LogP) is 3.92. The first-order valence-electron chi connectivity index (χ1n) is 8.46. The van der Waals surface area contributed by atoms with Crippen LogP contribution in [-0.2, 0) is 10.2 Å². The van der Waals surface area contributed by atoms with Crippen LogP contribution in [-0.4, -0.2) is 38.9 Å².